The van der Waals surface area contributed by atoms with E-state index in [2.05, 4.69) is 15.9 Å². The van der Waals surface area contributed by atoms with Crippen LogP contribution in [0.3, 0.4) is 0 Å². The molecule has 2 aromatic rings. The smallest absolute Gasteiger partial charge is 0.258 e. The van der Waals surface area contributed by atoms with Crippen molar-refractivity contribution in [2.75, 3.05) is 0 Å². The number of nitro benzene ring substituents is 1. The van der Waals surface area contributed by atoms with Crippen molar-refractivity contribution >= 4 is 45.0 Å². The maximum atomic E-state index is 10.7. The third-order valence-corrected chi connectivity index (χ3v) is 4.20. The molecule has 0 fully saturated rings. The van der Waals surface area contributed by atoms with Gasteiger partial charge in [0, 0.05) is 26.4 Å². The Hall–Kier alpha value is -1.04. The van der Waals surface area contributed by atoms with Crippen LogP contribution in [0.2, 0.25) is 5.02 Å². The van der Waals surface area contributed by atoms with Crippen molar-refractivity contribution in [3.05, 3.63) is 62.1 Å². The topological polar surface area (TPSA) is 43.1 Å². The van der Waals surface area contributed by atoms with E-state index >= 15 is 0 Å². The highest BCUT2D eigenvalue weighted by molar-refractivity contribution is 9.10. The first-order chi connectivity index (χ1) is 8.56. The van der Waals surface area contributed by atoms with Crippen LogP contribution in [-0.2, 0) is 0 Å². The standard InChI is InChI=1S/C12H7BrClNO2S/c13-8-1-4-10(5-2-8)18-12-7-9(15(16)17)3-6-11(12)14/h1-7H. The molecule has 92 valence electrons. The zero-order valence-electron chi connectivity index (χ0n) is 8.97. The van der Waals surface area contributed by atoms with Crippen LogP contribution >= 0.6 is 39.3 Å². The normalized spacial score (nSPS) is 10.3. The van der Waals surface area contributed by atoms with Crippen molar-refractivity contribution < 1.29 is 4.92 Å². The average Bonchev–Trinajstić information content (AvgIpc) is 2.34. The second-order valence-electron chi connectivity index (χ2n) is 3.43. The second-order valence-corrected chi connectivity index (χ2v) is 5.87. The molecule has 0 spiro atoms. The predicted octanol–water partition coefficient (Wildman–Crippen LogP) is 5.16. The number of benzene rings is 2. The van der Waals surface area contributed by atoms with E-state index in [0.29, 0.717) is 9.92 Å². The molecule has 0 aliphatic heterocycles. The summed E-state index contributed by atoms with van der Waals surface area (Å²) < 4.78 is 0.983. The van der Waals surface area contributed by atoms with Gasteiger partial charge >= 0.3 is 0 Å². The first-order valence-electron chi connectivity index (χ1n) is 4.93. The largest absolute Gasteiger partial charge is 0.270 e. The fourth-order valence-electron chi connectivity index (χ4n) is 1.31. The molecule has 6 heteroatoms. The molecule has 0 aliphatic carbocycles. The Balaban J connectivity index is 2.30. The predicted molar refractivity (Wildman–Crippen MR) is 76.4 cm³/mol. The highest BCUT2D eigenvalue weighted by Gasteiger charge is 2.10. The summed E-state index contributed by atoms with van der Waals surface area (Å²) in [6.07, 6.45) is 0. The van der Waals surface area contributed by atoms with Gasteiger partial charge in [0.25, 0.3) is 5.69 Å². The lowest BCUT2D eigenvalue weighted by atomic mass is 10.3. The van der Waals surface area contributed by atoms with E-state index in [-0.39, 0.29) is 5.69 Å². The van der Waals surface area contributed by atoms with Crippen LogP contribution in [0.1, 0.15) is 0 Å². The molecule has 0 bridgehead atoms. The van der Waals surface area contributed by atoms with E-state index < -0.39 is 4.92 Å². The highest BCUT2D eigenvalue weighted by atomic mass is 79.9. The van der Waals surface area contributed by atoms with Crippen molar-refractivity contribution in [1.82, 2.24) is 0 Å². The molecule has 18 heavy (non-hydrogen) atoms. The molecule has 0 unspecified atom stereocenters. The quantitative estimate of drug-likeness (QED) is 0.570. The van der Waals surface area contributed by atoms with Gasteiger partial charge < -0.3 is 0 Å². The maximum Gasteiger partial charge on any atom is 0.270 e. The summed E-state index contributed by atoms with van der Waals surface area (Å²) in [6.45, 7) is 0. The van der Waals surface area contributed by atoms with Crippen LogP contribution in [0.15, 0.2) is 56.7 Å². The van der Waals surface area contributed by atoms with E-state index in [1.165, 1.54) is 23.9 Å². The number of nitrogens with zero attached hydrogens (tertiary/aromatic N) is 1. The Morgan fingerprint density at radius 1 is 1.17 bits per heavy atom. The number of hydrogen-bond donors (Lipinski definition) is 0. The van der Waals surface area contributed by atoms with Crippen molar-refractivity contribution in [2.24, 2.45) is 0 Å². The van der Waals surface area contributed by atoms with Crippen LogP contribution in [0.5, 0.6) is 0 Å². The van der Waals surface area contributed by atoms with Gasteiger partial charge in [-0.05, 0) is 30.3 Å². The second kappa shape index (κ2) is 5.73. The average molecular weight is 345 g/mol. The van der Waals surface area contributed by atoms with E-state index in [0.717, 1.165) is 9.37 Å². The molecule has 0 N–H and O–H groups in total. The summed E-state index contributed by atoms with van der Waals surface area (Å²) in [5.74, 6) is 0. The Morgan fingerprint density at radius 3 is 2.44 bits per heavy atom. The minimum Gasteiger partial charge on any atom is -0.258 e. The van der Waals surface area contributed by atoms with E-state index in [9.17, 15) is 10.1 Å². The van der Waals surface area contributed by atoms with Crippen molar-refractivity contribution in [3.63, 3.8) is 0 Å². The van der Waals surface area contributed by atoms with Crippen LogP contribution < -0.4 is 0 Å². The number of nitro groups is 1. The molecule has 0 atom stereocenters. The van der Waals surface area contributed by atoms with Gasteiger partial charge in [0.15, 0.2) is 0 Å². The van der Waals surface area contributed by atoms with Crippen molar-refractivity contribution in [1.29, 1.82) is 0 Å². The number of non-ortho nitro benzene ring substituents is 1. The summed E-state index contributed by atoms with van der Waals surface area (Å²) in [4.78, 5) is 11.9. The minimum atomic E-state index is -0.429. The Kier molecular flexibility index (Phi) is 4.27. The van der Waals surface area contributed by atoms with Gasteiger partial charge in [0.05, 0.1) is 9.95 Å². The monoisotopic (exact) mass is 343 g/mol. The van der Waals surface area contributed by atoms with E-state index in [1.807, 2.05) is 24.3 Å². The number of rotatable bonds is 3. The van der Waals surface area contributed by atoms with E-state index in [4.69, 9.17) is 11.6 Å². The summed E-state index contributed by atoms with van der Waals surface area (Å²) in [6, 6.07) is 12.1. The molecule has 0 heterocycles. The highest BCUT2D eigenvalue weighted by Crippen LogP contribution is 2.35. The number of hydrogen-bond acceptors (Lipinski definition) is 3. The third-order valence-electron chi connectivity index (χ3n) is 2.17. The SMILES string of the molecule is O=[N+]([O-])c1ccc(Cl)c(Sc2ccc(Br)cc2)c1. The summed E-state index contributed by atoms with van der Waals surface area (Å²) in [7, 11) is 0. The Labute approximate surface area is 121 Å². The summed E-state index contributed by atoms with van der Waals surface area (Å²) in [5.41, 5.74) is 0.0408. The number of halogens is 2. The molecule has 0 aromatic heterocycles. The first-order valence-corrected chi connectivity index (χ1v) is 6.92. The van der Waals surface area contributed by atoms with Crippen LogP contribution in [0, 0.1) is 10.1 Å². The van der Waals surface area contributed by atoms with Gasteiger partial charge in [-0.25, -0.2) is 0 Å². The molecule has 0 saturated carbocycles. The van der Waals surface area contributed by atoms with Crippen molar-refractivity contribution in [2.45, 2.75) is 9.79 Å². The molecule has 0 aliphatic rings. The lowest BCUT2D eigenvalue weighted by Crippen LogP contribution is -1.88. The van der Waals surface area contributed by atoms with Gasteiger partial charge in [-0.15, -0.1) is 0 Å². The van der Waals surface area contributed by atoms with Gasteiger partial charge in [-0.3, -0.25) is 10.1 Å². The molecular weight excluding hydrogens is 338 g/mol. The zero-order valence-corrected chi connectivity index (χ0v) is 12.1. The molecule has 0 saturated heterocycles. The summed E-state index contributed by atoms with van der Waals surface area (Å²) in [5, 5.41) is 11.2. The molecule has 0 amide bonds. The molecule has 0 radical (unpaired) electrons. The molecule has 3 nitrogen and oxygen atoms in total. The van der Waals surface area contributed by atoms with E-state index in [1.54, 1.807) is 6.07 Å². The van der Waals surface area contributed by atoms with Crippen LogP contribution in [0.25, 0.3) is 0 Å². The Morgan fingerprint density at radius 2 is 1.83 bits per heavy atom. The molecule has 2 rings (SSSR count). The third kappa shape index (κ3) is 3.25. The van der Waals surface area contributed by atoms with Gasteiger partial charge in [0.1, 0.15) is 0 Å². The lowest BCUT2D eigenvalue weighted by molar-refractivity contribution is -0.385. The lowest BCUT2D eigenvalue weighted by Gasteiger charge is -2.04. The first kappa shape index (κ1) is 13.4. The van der Waals surface area contributed by atoms with Gasteiger partial charge in [-0.1, -0.05) is 39.3 Å². The Bertz CT molecular complexity index is 589. The van der Waals surface area contributed by atoms with Gasteiger partial charge in [0.2, 0.25) is 0 Å². The van der Waals surface area contributed by atoms with Crippen LogP contribution in [-0.4, -0.2) is 4.92 Å². The zero-order chi connectivity index (χ0) is 13.1. The minimum absolute atomic E-state index is 0.0408. The van der Waals surface area contributed by atoms with Crippen LogP contribution in [0.4, 0.5) is 5.69 Å². The fourth-order valence-corrected chi connectivity index (χ4v) is 2.68. The molecular formula is C12H7BrClNO2S. The maximum absolute atomic E-state index is 10.7. The van der Waals surface area contributed by atoms with Crippen molar-refractivity contribution in [3.8, 4) is 0 Å². The summed E-state index contributed by atoms with van der Waals surface area (Å²) >= 11 is 10.8. The van der Waals surface area contributed by atoms with Gasteiger partial charge in [-0.2, -0.15) is 0 Å². The fraction of sp³-hybridized carbons (Fsp3) is 0. The molecule has 2 aromatic carbocycles.